The second-order valence-corrected chi connectivity index (χ2v) is 8.96. The third-order valence-corrected chi connectivity index (χ3v) is 6.28. The highest BCUT2D eigenvalue weighted by atomic mass is 32.2. The van der Waals surface area contributed by atoms with Crippen LogP contribution in [0.3, 0.4) is 0 Å². The van der Waals surface area contributed by atoms with Crippen molar-refractivity contribution < 1.29 is 0 Å². The predicted octanol–water partition coefficient (Wildman–Crippen LogP) is 6.78. The monoisotopic (exact) mass is 314 g/mol. The van der Waals surface area contributed by atoms with Crippen LogP contribution in [0.25, 0.3) is 20.2 Å². The molecule has 0 spiro atoms. The van der Waals surface area contributed by atoms with Gasteiger partial charge in [0.1, 0.15) is 0 Å². The molecule has 3 rings (SSSR count). The molecule has 0 nitrogen and oxygen atoms in total. The number of hydrogen-bond donors (Lipinski definition) is 0. The Balaban J connectivity index is 2.19. The minimum absolute atomic E-state index is 0.211. The van der Waals surface area contributed by atoms with Gasteiger partial charge in [0.05, 0.1) is 0 Å². The van der Waals surface area contributed by atoms with Crippen LogP contribution in [0.1, 0.15) is 44.1 Å². The number of thiophene rings is 1. The lowest BCUT2D eigenvalue weighted by atomic mass is 9.87. The smallest absolute Gasteiger partial charge is 0.0358 e. The van der Waals surface area contributed by atoms with Crippen molar-refractivity contribution >= 4 is 43.3 Å². The van der Waals surface area contributed by atoms with Crippen LogP contribution in [-0.4, -0.2) is 6.26 Å². The van der Waals surface area contributed by atoms with E-state index >= 15 is 0 Å². The second kappa shape index (κ2) is 5.33. The first-order valence-corrected chi connectivity index (χ1v) is 9.50. The van der Waals surface area contributed by atoms with Gasteiger partial charge >= 0.3 is 0 Å². The van der Waals surface area contributed by atoms with Crippen LogP contribution < -0.4 is 0 Å². The average Bonchev–Trinajstić information content (AvgIpc) is 2.81. The van der Waals surface area contributed by atoms with Gasteiger partial charge in [-0.25, -0.2) is 0 Å². The summed E-state index contributed by atoms with van der Waals surface area (Å²) >= 11 is 3.83. The predicted molar refractivity (Wildman–Crippen MR) is 100.0 cm³/mol. The van der Waals surface area contributed by atoms with E-state index in [0.29, 0.717) is 5.25 Å². The van der Waals surface area contributed by atoms with E-state index in [1.54, 1.807) is 0 Å². The van der Waals surface area contributed by atoms with Crippen LogP contribution >= 0.6 is 23.1 Å². The number of hydrogen-bond acceptors (Lipinski definition) is 2. The molecule has 110 valence electrons. The standard InChI is InChI=1S/C19H22S2/c1-12(20-5)13-6-8-15-16-9-7-14(19(2,3)4)11-18(16)21-17(15)10-13/h6-12H,1-5H3. The van der Waals surface area contributed by atoms with Crippen LogP contribution in [0, 0.1) is 0 Å². The molecule has 0 N–H and O–H groups in total. The van der Waals surface area contributed by atoms with E-state index in [4.69, 9.17) is 0 Å². The molecule has 0 radical (unpaired) electrons. The molecule has 2 aromatic carbocycles. The van der Waals surface area contributed by atoms with E-state index in [-0.39, 0.29) is 5.41 Å². The largest absolute Gasteiger partial charge is 0.157 e. The summed E-state index contributed by atoms with van der Waals surface area (Å²) in [6.45, 7) is 9.11. The highest BCUT2D eigenvalue weighted by Gasteiger charge is 2.15. The Bertz CT molecular complexity index is 790. The van der Waals surface area contributed by atoms with Gasteiger partial charge in [0, 0.05) is 25.4 Å². The summed E-state index contributed by atoms with van der Waals surface area (Å²) in [5.74, 6) is 0. The molecule has 3 aromatic rings. The van der Waals surface area contributed by atoms with E-state index in [1.165, 1.54) is 31.3 Å². The Morgan fingerprint density at radius 1 is 0.952 bits per heavy atom. The lowest BCUT2D eigenvalue weighted by Gasteiger charge is -2.18. The Labute approximate surface area is 135 Å². The van der Waals surface area contributed by atoms with Crippen LogP contribution in [-0.2, 0) is 5.41 Å². The fourth-order valence-electron chi connectivity index (χ4n) is 2.65. The third kappa shape index (κ3) is 2.72. The Hall–Kier alpha value is -0.990. The first-order valence-electron chi connectivity index (χ1n) is 7.39. The minimum Gasteiger partial charge on any atom is -0.157 e. The molecule has 0 bridgehead atoms. The molecule has 1 atom stereocenters. The van der Waals surface area contributed by atoms with Crippen molar-refractivity contribution in [1.82, 2.24) is 0 Å². The van der Waals surface area contributed by atoms with E-state index in [0.717, 1.165) is 0 Å². The molecule has 0 saturated carbocycles. The van der Waals surface area contributed by atoms with Gasteiger partial charge in [0.15, 0.2) is 0 Å². The normalized spacial score (nSPS) is 14.0. The maximum absolute atomic E-state index is 2.37. The van der Waals surface area contributed by atoms with Crippen molar-refractivity contribution in [3.8, 4) is 0 Å². The zero-order valence-electron chi connectivity index (χ0n) is 13.4. The van der Waals surface area contributed by atoms with Gasteiger partial charge < -0.3 is 0 Å². The first-order chi connectivity index (χ1) is 9.90. The average molecular weight is 315 g/mol. The SMILES string of the molecule is CSC(C)c1ccc2c(c1)sc1cc(C(C)(C)C)ccc12. The highest BCUT2D eigenvalue weighted by molar-refractivity contribution is 7.98. The highest BCUT2D eigenvalue weighted by Crippen LogP contribution is 2.38. The summed E-state index contributed by atoms with van der Waals surface area (Å²) in [6.07, 6.45) is 2.18. The number of thioether (sulfide) groups is 1. The second-order valence-electron chi connectivity index (χ2n) is 6.70. The third-order valence-electron chi connectivity index (χ3n) is 4.19. The Morgan fingerprint density at radius 3 is 2.19 bits per heavy atom. The van der Waals surface area contributed by atoms with Crippen molar-refractivity contribution in [3.63, 3.8) is 0 Å². The molecule has 0 fully saturated rings. The minimum atomic E-state index is 0.211. The van der Waals surface area contributed by atoms with E-state index < -0.39 is 0 Å². The van der Waals surface area contributed by atoms with E-state index in [9.17, 15) is 0 Å². The van der Waals surface area contributed by atoms with Crippen molar-refractivity contribution in [2.24, 2.45) is 0 Å². The fraction of sp³-hybridized carbons (Fsp3) is 0.368. The number of rotatable bonds is 2. The molecule has 0 saturated heterocycles. The maximum atomic E-state index is 2.37. The van der Waals surface area contributed by atoms with E-state index in [2.05, 4.69) is 70.3 Å². The summed E-state index contributed by atoms with van der Waals surface area (Å²) < 4.78 is 2.82. The molecular formula is C19H22S2. The molecule has 1 aromatic heterocycles. The summed E-state index contributed by atoms with van der Waals surface area (Å²) in [7, 11) is 0. The van der Waals surface area contributed by atoms with Crippen molar-refractivity contribution in [3.05, 3.63) is 47.5 Å². The maximum Gasteiger partial charge on any atom is 0.0358 e. The Kier molecular flexibility index (Phi) is 3.79. The topological polar surface area (TPSA) is 0 Å². The molecule has 21 heavy (non-hydrogen) atoms. The lowest BCUT2D eigenvalue weighted by molar-refractivity contribution is 0.591. The van der Waals surface area contributed by atoms with Gasteiger partial charge in [0.25, 0.3) is 0 Å². The quantitative estimate of drug-likeness (QED) is 0.502. The number of benzene rings is 2. The molecule has 0 aliphatic rings. The molecule has 0 amide bonds. The van der Waals surface area contributed by atoms with Gasteiger partial charge in [-0.05, 0) is 41.9 Å². The van der Waals surface area contributed by atoms with Crippen LogP contribution in [0.2, 0.25) is 0 Å². The summed E-state index contributed by atoms with van der Waals surface area (Å²) in [5, 5.41) is 3.35. The van der Waals surface area contributed by atoms with Gasteiger partial charge in [-0.2, -0.15) is 11.8 Å². The van der Waals surface area contributed by atoms with Gasteiger partial charge in [-0.3, -0.25) is 0 Å². The lowest BCUT2D eigenvalue weighted by Crippen LogP contribution is -2.10. The zero-order chi connectivity index (χ0) is 15.2. The summed E-state index contributed by atoms with van der Waals surface area (Å²) in [5.41, 5.74) is 3.06. The zero-order valence-corrected chi connectivity index (χ0v) is 15.0. The van der Waals surface area contributed by atoms with Crippen molar-refractivity contribution in [2.75, 3.05) is 6.26 Å². The van der Waals surface area contributed by atoms with Gasteiger partial charge in [-0.15, -0.1) is 11.3 Å². The van der Waals surface area contributed by atoms with Crippen LogP contribution in [0.4, 0.5) is 0 Å². The summed E-state index contributed by atoms with van der Waals surface area (Å²) in [4.78, 5) is 0. The molecule has 1 unspecified atom stereocenters. The molecule has 0 aliphatic carbocycles. The molecule has 2 heteroatoms. The van der Waals surface area contributed by atoms with Gasteiger partial charge in [0.2, 0.25) is 0 Å². The molecule has 0 aliphatic heterocycles. The fourth-order valence-corrected chi connectivity index (χ4v) is 4.26. The molecule has 1 heterocycles. The number of fused-ring (bicyclic) bond motifs is 3. The van der Waals surface area contributed by atoms with Crippen LogP contribution in [0.5, 0.6) is 0 Å². The first kappa shape index (κ1) is 14.9. The Morgan fingerprint density at radius 2 is 1.57 bits per heavy atom. The van der Waals surface area contributed by atoms with Gasteiger partial charge in [-0.1, -0.05) is 45.0 Å². The van der Waals surface area contributed by atoms with Crippen LogP contribution in [0.15, 0.2) is 36.4 Å². The molecular weight excluding hydrogens is 292 g/mol. The summed E-state index contributed by atoms with van der Waals surface area (Å²) in [6, 6.07) is 13.9. The van der Waals surface area contributed by atoms with Crippen molar-refractivity contribution in [2.45, 2.75) is 38.4 Å². The van der Waals surface area contributed by atoms with Crippen molar-refractivity contribution in [1.29, 1.82) is 0 Å². The van der Waals surface area contributed by atoms with E-state index in [1.807, 2.05) is 23.1 Å².